The number of halogens is 1. The fourth-order valence-electron chi connectivity index (χ4n) is 3.63. The Morgan fingerprint density at radius 3 is 2.76 bits per heavy atom. The van der Waals surface area contributed by atoms with Gasteiger partial charge in [-0.2, -0.15) is 0 Å². The van der Waals surface area contributed by atoms with Crippen molar-refractivity contribution in [2.75, 3.05) is 44.2 Å². The highest BCUT2D eigenvalue weighted by Gasteiger charge is 2.27. The van der Waals surface area contributed by atoms with Crippen molar-refractivity contribution in [1.82, 2.24) is 10.2 Å². The highest BCUT2D eigenvalue weighted by atomic mass is 19.1. The van der Waals surface area contributed by atoms with E-state index in [-0.39, 0.29) is 23.9 Å². The van der Waals surface area contributed by atoms with Crippen molar-refractivity contribution in [3.8, 4) is 0 Å². The molecule has 25 heavy (non-hydrogen) atoms. The number of ether oxygens (including phenoxy) is 1. The fourth-order valence-corrected chi connectivity index (χ4v) is 3.63. The fraction of sp³-hybridized carbons (Fsp3) is 0.632. The van der Waals surface area contributed by atoms with Crippen LogP contribution in [0, 0.1) is 5.82 Å². The second-order valence-corrected chi connectivity index (χ2v) is 6.86. The van der Waals surface area contributed by atoms with Gasteiger partial charge in [0.2, 0.25) is 5.91 Å². The first-order chi connectivity index (χ1) is 12.1. The smallest absolute Gasteiger partial charge is 0.249 e. The monoisotopic (exact) mass is 349 g/mol. The maximum absolute atomic E-state index is 13.9. The molecule has 0 aromatic heterocycles. The summed E-state index contributed by atoms with van der Waals surface area (Å²) in [7, 11) is 0. The Bertz CT molecular complexity index is 596. The van der Waals surface area contributed by atoms with Gasteiger partial charge in [-0.1, -0.05) is 6.92 Å². The predicted octanol–water partition coefficient (Wildman–Crippen LogP) is 2.32. The highest BCUT2D eigenvalue weighted by Crippen LogP contribution is 2.29. The van der Waals surface area contributed by atoms with Crippen LogP contribution < -0.4 is 10.2 Å². The number of carbonyl (C=O) groups excluding carboxylic acids is 1. The van der Waals surface area contributed by atoms with E-state index in [1.54, 1.807) is 6.07 Å². The van der Waals surface area contributed by atoms with E-state index in [0.717, 1.165) is 56.8 Å². The van der Waals surface area contributed by atoms with Crippen molar-refractivity contribution in [2.24, 2.45) is 0 Å². The summed E-state index contributed by atoms with van der Waals surface area (Å²) in [4.78, 5) is 17.0. The average molecular weight is 349 g/mol. The summed E-state index contributed by atoms with van der Waals surface area (Å²) in [5.41, 5.74) is 1.84. The van der Waals surface area contributed by atoms with E-state index in [2.05, 4.69) is 22.0 Å². The lowest BCUT2D eigenvalue weighted by Gasteiger charge is -2.37. The molecule has 1 aromatic rings. The third-order valence-electron chi connectivity index (χ3n) is 5.20. The van der Waals surface area contributed by atoms with Crippen LogP contribution in [0.25, 0.3) is 0 Å². The molecule has 0 aliphatic carbocycles. The lowest BCUT2D eigenvalue weighted by atomic mass is 10.0. The molecule has 138 valence electrons. The molecule has 6 heteroatoms. The third-order valence-corrected chi connectivity index (χ3v) is 5.20. The molecule has 3 rings (SSSR count). The Hall–Kier alpha value is -1.66. The summed E-state index contributed by atoms with van der Waals surface area (Å²) in [6.45, 7) is 9.61. The van der Waals surface area contributed by atoms with E-state index >= 15 is 0 Å². The molecule has 2 aliphatic rings. The van der Waals surface area contributed by atoms with Crippen molar-refractivity contribution in [3.63, 3.8) is 0 Å². The van der Waals surface area contributed by atoms with Gasteiger partial charge in [-0.3, -0.25) is 4.79 Å². The first-order valence-electron chi connectivity index (χ1n) is 9.27. The van der Waals surface area contributed by atoms with Crippen LogP contribution in [0.5, 0.6) is 0 Å². The molecule has 1 amide bonds. The third kappa shape index (κ3) is 4.30. The summed E-state index contributed by atoms with van der Waals surface area (Å²) in [6.07, 6.45) is 1.31. The Labute approximate surface area is 149 Å². The predicted molar refractivity (Wildman–Crippen MR) is 96.3 cm³/mol. The van der Waals surface area contributed by atoms with E-state index in [0.29, 0.717) is 6.61 Å². The van der Waals surface area contributed by atoms with Crippen LogP contribution in [0.3, 0.4) is 0 Å². The van der Waals surface area contributed by atoms with Crippen LogP contribution in [0.15, 0.2) is 18.2 Å². The van der Waals surface area contributed by atoms with Crippen molar-refractivity contribution >= 4 is 11.6 Å². The van der Waals surface area contributed by atoms with Gasteiger partial charge in [0.15, 0.2) is 0 Å². The number of hydrogen-bond donors (Lipinski definition) is 1. The standard InChI is InChI=1S/C19H28FN3O2/c1-3-22-8-10-23(11-9-22)17-7-6-15(20)13-16(17)14(2)21-19(24)18-5-4-12-25-18/h6-7,13-14,18H,3-5,8-12H2,1-2H3,(H,21,24)/t14-,18-/m1/s1. The van der Waals surface area contributed by atoms with Crippen LogP contribution >= 0.6 is 0 Å². The molecule has 0 bridgehead atoms. The van der Waals surface area contributed by atoms with Crippen molar-refractivity contribution in [2.45, 2.75) is 38.8 Å². The zero-order valence-electron chi connectivity index (χ0n) is 15.1. The molecule has 2 atom stereocenters. The van der Waals surface area contributed by atoms with Gasteiger partial charge in [0.1, 0.15) is 11.9 Å². The van der Waals surface area contributed by atoms with Gasteiger partial charge < -0.3 is 19.9 Å². The summed E-state index contributed by atoms with van der Waals surface area (Å²) in [6, 6.07) is 4.62. The summed E-state index contributed by atoms with van der Waals surface area (Å²) < 4.78 is 19.3. The van der Waals surface area contributed by atoms with E-state index < -0.39 is 0 Å². The molecular formula is C19H28FN3O2. The second-order valence-electron chi connectivity index (χ2n) is 6.86. The topological polar surface area (TPSA) is 44.8 Å². The minimum absolute atomic E-state index is 0.101. The Kier molecular flexibility index (Phi) is 5.91. The zero-order valence-corrected chi connectivity index (χ0v) is 15.1. The lowest BCUT2D eigenvalue weighted by molar-refractivity contribution is -0.130. The van der Waals surface area contributed by atoms with Crippen LogP contribution in [0.2, 0.25) is 0 Å². The molecule has 2 aliphatic heterocycles. The molecule has 1 aromatic carbocycles. The molecule has 1 N–H and O–H groups in total. The molecule has 0 unspecified atom stereocenters. The summed E-state index contributed by atoms with van der Waals surface area (Å²) in [5, 5.41) is 3.00. The van der Waals surface area contributed by atoms with E-state index in [4.69, 9.17) is 4.74 Å². The van der Waals surface area contributed by atoms with Gasteiger partial charge >= 0.3 is 0 Å². The van der Waals surface area contributed by atoms with Gasteiger partial charge in [0.05, 0.1) is 6.04 Å². The number of hydrogen-bond acceptors (Lipinski definition) is 4. The van der Waals surface area contributed by atoms with Crippen LogP contribution in [-0.2, 0) is 9.53 Å². The molecule has 5 nitrogen and oxygen atoms in total. The van der Waals surface area contributed by atoms with E-state index in [1.165, 1.54) is 6.07 Å². The Morgan fingerprint density at radius 2 is 2.12 bits per heavy atom. The maximum Gasteiger partial charge on any atom is 0.249 e. The molecule has 2 heterocycles. The Morgan fingerprint density at radius 1 is 1.36 bits per heavy atom. The number of nitrogens with zero attached hydrogens (tertiary/aromatic N) is 2. The number of benzene rings is 1. The van der Waals surface area contributed by atoms with Gasteiger partial charge in [0, 0.05) is 44.0 Å². The molecular weight excluding hydrogens is 321 g/mol. The first kappa shape index (κ1) is 18.1. The summed E-state index contributed by atoms with van der Waals surface area (Å²) >= 11 is 0. The number of likely N-dealkylation sites (N-methyl/N-ethyl adjacent to an activating group) is 1. The van der Waals surface area contributed by atoms with Gasteiger partial charge in [-0.15, -0.1) is 0 Å². The quantitative estimate of drug-likeness (QED) is 0.886. The summed E-state index contributed by atoms with van der Waals surface area (Å²) in [5.74, 6) is -0.375. The molecule has 0 saturated carbocycles. The zero-order chi connectivity index (χ0) is 17.8. The minimum atomic E-state index is -0.368. The SMILES string of the molecule is CCN1CCN(c2ccc(F)cc2[C@@H](C)NC(=O)[C@H]2CCCO2)CC1. The normalized spacial score (nSPS) is 22.8. The molecule has 0 spiro atoms. The maximum atomic E-state index is 13.9. The first-order valence-corrected chi connectivity index (χ1v) is 9.27. The lowest BCUT2D eigenvalue weighted by Crippen LogP contribution is -2.46. The highest BCUT2D eigenvalue weighted by molar-refractivity contribution is 5.81. The van der Waals surface area contributed by atoms with Crippen LogP contribution in [0.4, 0.5) is 10.1 Å². The van der Waals surface area contributed by atoms with Gasteiger partial charge in [0.25, 0.3) is 0 Å². The van der Waals surface area contributed by atoms with Gasteiger partial charge in [-0.25, -0.2) is 4.39 Å². The van der Waals surface area contributed by atoms with Crippen LogP contribution in [0.1, 0.15) is 38.3 Å². The molecule has 2 fully saturated rings. The Balaban J connectivity index is 1.73. The van der Waals surface area contributed by atoms with Crippen molar-refractivity contribution < 1.29 is 13.9 Å². The largest absolute Gasteiger partial charge is 0.369 e. The van der Waals surface area contributed by atoms with E-state index in [9.17, 15) is 9.18 Å². The number of amides is 1. The molecule has 2 saturated heterocycles. The van der Waals surface area contributed by atoms with Crippen LogP contribution in [-0.4, -0.2) is 56.2 Å². The number of carbonyl (C=O) groups is 1. The number of nitrogens with one attached hydrogen (secondary N) is 1. The van der Waals surface area contributed by atoms with E-state index in [1.807, 2.05) is 13.0 Å². The van der Waals surface area contributed by atoms with Gasteiger partial charge in [-0.05, 0) is 44.5 Å². The van der Waals surface area contributed by atoms with Crippen molar-refractivity contribution in [3.05, 3.63) is 29.6 Å². The number of rotatable bonds is 5. The molecule has 0 radical (unpaired) electrons. The number of anilines is 1. The number of piperazine rings is 1. The minimum Gasteiger partial charge on any atom is -0.369 e. The van der Waals surface area contributed by atoms with Crippen molar-refractivity contribution in [1.29, 1.82) is 0 Å². The average Bonchev–Trinajstić information content (AvgIpc) is 3.16. The second kappa shape index (κ2) is 8.15.